The molecule has 21 heavy (non-hydrogen) atoms. The van der Waals surface area contributed by atoms with Crippen LogP contribution in [0.5, 0.6) is 0 Å². The van der Waals surface area contributed by atoms with E-state index in [1.807, 2.05) is 0 Å². The van der Waals surface area contributed by atoms with Crippen molar-refractivity contribution >= 4 is 16.1 Å². The van der Waals surface area contributed by atoms with Crippen LogP contribution in [0.2, 0.25) is 0 Å². The Balaban J connectivity index is 1.83. The molecule has 0 heterocycles. The van der Waals surface area contributed by atoms with Gasteiger partial charge < -0.3 is 9.53 Å². The van der Waals surface area contributed by atoms with Gasteiger partial charge in [0.05, 0.1) is 0 Å². The molecule has 4 saturated carbocycles. The number of esters is 1. The Labute approximate surface area is 121 Å². The average molecular weight is 325 g/mol. The molecule has 4 aliphatic carbocycles. The number of halogens is 2. The Morgan fingerprint density at radius 2 is 1.62 bits per heavy atom. The van der Waals surface area contributed by atoms with E-state index in [4.69, 9.17) is 9.29 Å². The molecule has 4 aliphatic rings. The summed E-state index contributed by atoms with van der Waals surface area (Å²) in [6.07, 6.45) is 4.59. The van der Waals surface area contributed by atoms with Gasteiger partial charge >= 0.3 is 21.3 Å². The first-order valence-electron chi connectivity index (χ1n) is 7.14. The Morgan fingerprint density at radius 1 is 1.19 bits per heavy atom. The summed E-state index contributed by atoms with van der Waals surface area (Å²) in [6.45, 7) is 1.66. The first kappa shape index (κ1) is 15.1. The highest BCUT2D eigenvalue weighted by atomic mass is 32.2. The second-order valence-corrected chi connectivity index (χ2v) is 8.35. The molecule has 0 spiro atoms. The van der Waals surface area contributed by atoms with E-state index < -0.39 is 26.9 Å². The van der Waals surface area contributed by atoms with Crippen LogP contribution in [0.15, 0.2) is 0 Å². The summed E-state index contributed by atoms with van der Waals surface area (Å²) >= 11 is 0. The number of ether oxygens (including phenoxy) is 1. The number of hydrogen-bond acceptors (Lipinski definition) is 3. The minimum Gasteiger partial charge on any atom is -0.333 e. The Bertz CT molecular complexity index is 543. The summed E-state index contributed by atoms with van der Waals surface area (Å²) in [4.78, 5) is 9.47. The lowest BCUT2D eigenvalue weighted by molar-refractivity contribution is -0.161. The second-order valence-electron chi connectivity index (χ2n) is 6.89. The number of carbonyl (C=O) groups excluding carboxylic acids is 1. The molecule has 2 N–H and O–H groups in total. The van der Waals surface area contributed by atoms with Crippen molar-refractivity contribution in [3.63, 3.8) is 0 Å². The van der Waals surface area contributed by atoms with Gasteiger partial charge in [-0.15, -0.1) is 0 Å². The fourth-order valence-electron chi connectivity index (χ4n) is 4.66. The van der Waals surface area contributed by atoms with E-state index in [-0.39, 0.29) is 11.8 Å². The molecule has 4 rings (SSSR count). The maximum atomic E-state index is 13.5. The summed E-state index contributed by atoms with van der Waals surface area (Å²) in [5.41, 5.74) is -0.994. The van der Waals surface area contributed by atoms with Gasteiger partial charge in [0.1, 0.15) is 0 Å². The van der Waals surface area contributed by atoms with Gasteiger partial charge in [-0.1, -0.05) is 0 Å². The predicted octanol–water partition coefficient (Wildman–Crippen LogP) is 2.20. The van der Waals surface area contributed by atoms with Crippen LogP contribution in [0.3, 0.4) is 0 Å². The highest BCUT2D eigenvalue weighted by Crippen LogP contribution is 2.59. The van der Waals surface area contributed by atoms with Gasteiger partial charge in [0.25, 0.3) is 0 Å². The SMILES string of the molecule is CC1(OC(=[OH+])C(F)(F)S(=O)(=O)O)C2CC3CC(C2)CC1C3. The summed E-state index contributed by atoms with van der Waals surface area (Å²) in [5.74, 6) is -0.692. The Hall–Kier alpha value is -0.760. The largest absolute Gasteiger partial charge is 0.576 e. The molecule has 0 unspecified atom stereocenters. The quantitative estimate of drug-likeness (QED) is 0.490. The zero-order valence-corrected chi connectivity index (χ0v) is 12.4. The second kappa shape index (κ2) is 4.38. The Morgan fingerprint density at radius 3 is 2.00 bits per heavy atom. The average Bonchev–Trinajstić information content (AvgIpc) is 2.33. The standard InChI is InChI=1S/C13H18F2O5S/c1-12(20-11(16)13(14,15)21(17,18)19)9-3-7-2-8(5-9)6-10(12)4-7/h7-10H,2-6H2,1H3,(H,17,18,19)/p+1. The van der Waals surface area contributed by atoms with Crippen LogP contribution >= 0.6 is 0 Å². The third-order valence-corrected chi connectivity index (χ3v) is 6.47. The molecular weight excluding hydrogens is 306 g/mol. The van der Waals surface area contributed by atoms with E-state index in [0.29, 0.717) is 11.8 Å². The zero-order chi connectivity index (χ0) is 15.6. The fourth-order valence-corrected chi connectivity index (χ4v) is 4.93. The minimum atomic E-state index is -5.75. The topological polar surface area (TPSA) is 85.0 Å². The summed E-state index contributed by atoms with van der Waals surface area (Å²) in [6, 6.07) is 0. The van der Waals surface area contributed by atoms with Crippen LogP contribution < -0.4 is 0 Å². The van der Waals surface area contributed by atoms with Crippen molar-refractivity contribution in [1.29, 1.82) is 0 Å². The van der Waals surface area contributed by atoms with Crippen molar-refractivity contribution in [3.05, 3.63) is 0 Å². The van der Waals surface area contributed by atoms with Gasteiger partial charge in [-0.05, 0) is 43.9 Å². The normalized spacial score (nSPS) is 42.1. The molecule has 0 saturated heterocycles. The molecule has 0 aromatic rings. The van der Waals surface area contributed by atoms with Crippen molar-refractivity contribution in [2.45, 2.75) is 49.9 Å². The van der Waals surface area contributed by atoms with E-state index in [0.717, 1.165) is 25.7 Å². The van der Waals surface area contributed by atoms with Gasteiger partial charge in [-0.2, -0.15) is 17.2 Å². The highest BCUT2D eigenvalue weighted by Gasteiger charge is 2.67. The van der Waals surface area contributed by atoms with Gasteiger partial charge in [0, 0.05) is 18.8 Å². The van der Waals surface area contributed by atoms with Crippen molar-refractivity contribution in [2.75, 3.05) is 0 Å². The molecule has 120 valence electrons. The van der Waals surface area contributed by atoms with Gasteiger partial charge in [-0.3, -0.25) is 4.55 Å². The molecular formula is C13H19F2O5S+. The zero-order valence-electron chi connectivity index (χ0n) is 11.6. The first-order chi connectivity index (χ1) is 9.54. The van der Waals surface area contributed by atoms with E-state index in [1.54, 1.807) is 6.92 Å². The van der Waals surface area contributed by atoms with Gasteiger partial charge in [0.2, 0.25) is 5.60 Å². The molecule has 0 amide bonds. The van der Waals surface area contributed by atoms with E-state index in [2.05, 4.69) is 0 Å². The third-order valence-electron chi connectivity index (χ3n) is 5.65. The van der Waals surface area contributed by atoms with Crippen molar-refractivity contribution in [2.24, 2.45) is 23.7 Å². The number of hydrogen-bond donors (Lipinski definition) is 1. The summed E-state index contributed by atoms with van der Waals surface area (Å²) in [7, 11) is -5.75. The van der Waals surface area contributed by atoms with Crippen LogP contribution in [0.25, 0.3) is 0 Å². The highest BCUT2D eigenvalue weighted by molar-refractivity contribution is 7.87. The molecule has 0 aromatic carbocycles. The third kappa shape index (κ3) is 2.18. The number of alkyl halides is 2. The van der Waals surface area contributed by atoms with Crippen molar-refractivity contribution in [1.82, 2.24) is 0 Å². The molecule has 8 heteroatoms. The van der Waals surface area contributed by atoms with Crippen LogP contribution in [-0.4, -0.2) is 34.6 Å². The molecule has 4 bridgehead atoms. The van der Waals surface area contributed by atoms with Crippen LogP contribution in [0, 0.1) is 23.7 Å². The fraction of sp³-hybridized carbons (Fsp3) is 0.923. The maximum Gasteiger partial charge on any atom is 0.576 e. The molecule has 0 atom stereocenters. The van der Waals surface area contributed by atoms with E-state index in [1.165, 1.54) is 6.42 Å². The van der Waals surface area contributed by atoms with Crippen molar-refractivity contribution in [3.8, 4) is 0 Å². The van der Waals surface area contributed by atoms with Crippen LogP contribution in [0.1, 0.15) is 39.0 Å². The first-order valence-corrected chi connectivity index (χ1v) is 8.58. The monoisotopic (exact) mass is 325 g/mol. The minimum absolute atomic E-state index is 0.0353. The summed E-state index contributed by atoms with van der Waals surface area (Å²) in [5, 5.41) is -4.80. The number of rotatable bonds is 3. The predicted molar refractivity (Wildman–Crippen MR) is 70.0 cm³/mol. The van der Waals surface area contributed by atoms with Crippen LogP contribution in [0.4, 0.5) is 8.78 Å². The summed E-state index contributed by atoms with van der Waals surface area (Å²) < 4.78 is 61.9. The lowest BCUT2D eigenvalue weighted by Gasteiger charge is -2.55. The molecule has 0 radical (unpaired) electrons. The van der Waals surface area contributed by atoms with Crippen molar-refractivity contribution < 1.29 is 31.3 Å². The van der Waals surface area contributed by atoms with Gasteiger partial charge in [0.15, 0.2) is 0 Å². The van der Waals surface area contributed by atoms with Crippen LogP contribution in [-0.2, 0) is 14.9 Å². The smallest absolute Gasteiger partial charge is 0.333 e. The molecule has 0 aromatic heterocycles. The van der Waals surface area contributed by atoms with E-state index >= 15 is 0 Å². The lowest BCUT2D eigenvalue weighted by atomic mass is 9.50. The molecule has 5 nitrogen and oxygen atoms in total. The molecule has 4 fully saturated rings. The lowest BCUT2D eigenvalue weighted by Crippen LogP contribution is -2.59. The van der Waals surface area contributed by atoms with Gasteiger partial charge in [-0.25, -0.2) is 0 Å². The molecule has 0 aliphatic heterocycles. The Kier molecular flexibility index (Phi) is 3.16. The maximum absolute atomic E-state index is 13.5. The van der Waals surface area contributed by atoms with E-state index in [9.17, 15) is 22.0 Å².